The predicted molar refractivity (Wildman–Crippen MR) is 64.2 cm³/mol. The average Bonchev–Trinajstić information content (AvgIpc) is 2.30. The number of alkyl carbamates (subject to hydrolysis) is 1. The fraction of sp³-hybridized carbons (Fsp3) is 0.462. The van der Waals surface area contributed by atoms with Gasteiger partial charge in [0.05, 0.1) is 12.1 Å². The van der Waals surface area contributed by atoms with Gasteiger partial charge >= 0.3 is 6.09 Å². The summed E-state index contributed by atoms with van der Waals surface area (Å²) in [5.41, 5.74) is 0.721. The van der Waals surface area contributed by atoms with Gasteiger partial charge < -0.3 is 10.1 Å². The summed E-state index contributed by atoms with van der Waals surface area (Å²) in [5, 5.41) is 2.90. The number of nitrogens with one attached hydrogen (secondary N) is 1. The molecule has 0 aromatic heterocycles. The molecule has 88 valence electrons. The highest BCUT2D eigenvalue weighted by Gasteiger charge is 2.26. The fourth-order valence-electron chi connectivity index (χ4n) is 1.56. The molecule has 0 spiro atoms. The number of hydrogen-bond acceptors (Lipinski definition) is 2. The highest BCUT2D eigenvalue weighted by atomic mass is 16.5. The van der Waals surface area contributed by atoms with Gasteiger partial charge in [-0.15, -0.1) is 0 Å². The maximum absolute atomic E-state index is 11.5. The lowest BCUT2D eigenvalue weighted by atomic mass is 9.89. The van der Waals surface area contributed by atoms with E-state index >= 15 is 0 Å². The third kappa shape index (κ3) is 2.99. The molecule has 16 heavy (non-hydrogen) atoms. The molecule has 0 aliphatic carbocycles. The summed E-state index contributed by atoms with van der Waals surface area (Å²) in [6.45, 7) is 6.23. The maximum atomic E-state index is 11.5. The molecule has 0 heterocycles. The first-order chi connectivity index (χ1) is 7.62. The highest BCUT2D eigenvalue weighted by Crippen LogP contribution is 2.24. The molecule has 1 aromatic carbocycles. The van der Waals surface area contributed by atoms with Gasteiger partial charge in [0.25, 0.3) is 0 Å². The molecule has 1 aromatic rings. The normalized spacial score (nSPS) is 13.9. The summed E-state index contributed by atoms with van der Waals surface area (Å²) in [5.74, 6) is 0. The van der Waals surface area contributed by atoms with E-state index in [9.17, 15) is 4.79 Å². The molecule has 0 bridgehead atoms. The lowest BCUT2D eigenvalue weighted by Crippen LogP contribution is -2.43. The third-order valence-corrected chi connectivity index (χ3v) is 2.77. The van der Waals surface area contributed by atoms with Gasteiger partial charge in [-0.3, -0.25) is 0 Å². The second-order valence-electron chi connectivity index (χ2n) is 3.90. The minimum absolute atomic E-state index is 0.365. The van der Waals surface area contributed by atoms with Crippen molar-refractivity contribution in [3.05, 3.63) is 35.9 Å². The quantitative estimate of drug-likeness (QED) is 0.848. The third-order valence-electron chi connectivity index (χ3n) is 2.77. The number of carbonyl (C=O) groups is 1. The molecule has 1 amide bonds. The molecular weight excluding hydrogens is 202 g/mol. The number of ether oxygens (including phenoxy) is 1. The molecular formula is C13H19NO2. The van der Waals surface area contributed by atoms with Crippen LogP contribution >= 0.6 is 0 Å². The zero-order chi connectivity index (χ0) is 12.0. The minimum atomic E-state index is -0.368. The van der Waals surface area contributed by atoms with Crippen LogP contribution < -0.4 is 5.32 Å². The van der Waals surface area contributed by atoms with Crippen molar-refractivity contribution in [2.24, 2.45) is 0 Å². The lowest BCUT2D eigenvalue weighted by molar-refractivity contribution is 0.138. The summed E-state index contributed by atoms with van der Waals surface area (Å²) < 4.78 is 4.91. The lowest BCUT2D eigenvalue weighted by Gasteiger charge is -2.29. The standard InChI is InChI=1S/C13H19NO2/c1-4-13(3,14-12(15)16-5-2)11-9-7-6-8-10-11/h6-10H,4-5H2,1-3H3,(H,14,15)/t13-/m1/s1. The van der Waals surface area contributed by atoms with Crippen molar-refractivity contribution in [2.45, 2.75) is 32.7 Å². The van der Waals surface area contributed by atoms with Gasteiger partial charge in [0.2, 0.25) is 0 Å². The van der Waals surface area contributed by atoms with E-state index in [1.54, 1.807) is 6.92 Å². The number of carbonyl (C=O) groups excluding carboxylic acids is 1. The second-order valence-corrected chi connectivity index (χ2v) is 3.90. The monoisotopic (exact) mass is 221 g/mol. The SMILES string of the molecule is CCOC(=O)N[C@](C)(CC)c1ccccc1. The Morgan fingerprint density at radius 1 is 1.31 bits per heavy atom. The largest absolute Gasteiger partial charge is 0.450 e. The molecule has 3 nitrogen and oxygen atoms in total. The summed E-state index contributed by atoms with van der Waals surface area (Å²) in [6.07, 6.45) is 0.450. The van der Waals surface area contributed by atoms with Gasteiger partial charge in [-0.1, -0.05) is 37.3 Å². The number of hydrogen-bond donors (Lipinski definition) is 1. The Morgan fingerprint density at radius 3 is 2.44 bits per heavy atom. The summed E-state index contributed by atoms with van der Waals surface area (Å²) in [4.78, 5) is 11.5. The van der Waals surface area contributed by atoms with E-state index in [4.69, 9.17) is 4.74 Å². The van der Waals surface area contributed by atoms with E-state index < -0.39 is 0 Å². The van der Waals surface area contributed by atoms with Crippen LogP contribution in [0.25, 0.3) is 0 Å². The Hall–Kier alpha value is -1.51. The van der Waals surface area contributed by atoms with E-state index in [-0.39, 0.29) is 11.6 Å². The topological polar surface area (TPSA) is 38.3 Å². The first-order valence-electron chi connectivity index (χ1n) is 5.63. The fourth-order valence-corrected chi connectivity index (χ4v) is 1.56. The van der Waals surface area contributed by atoms with Crippen LogP contribution in [-0.2, 0) is 10.3 Å². The van der Waals surface area contributed by atoms with Crippen molar-refractivity contribution in [3.63, 3.8) is 0 Å². The zero-order valence-electron chi connectivity index (χ0n) is 10.1. The second kappa shape index (κ2) is 5.54. The van der Waals surface area contributed by atoms with Crippen LogP contribution in [0.2, 0.25) is 0 Å². The Kier molecular flexibility index (Phi) is 4.35. The summed E-state index contributed by atoms with van der Waals surface area (Å²) >= 11 is 0. The molecule has 3 heteroatoms. The number of benzene rings is 1. The number of rotatable bonds is 4. The van der Waals surface area contributed by atoms with E-state index in [1.165, 1.54) is 0 Å². The Morgan fingerprint density at radius 2 is 1.94 bits per heavy atom. The van der Waals surface area contributed by atoms with Crippen molar-refractivity contribution in [1.29, 1.82) is 0 Å². The van der Waals surface area contributed by atoms with Crippen molar-refractivity contribution in [2.75, 3.05) is 6.61 Å². The molecule has 1 N–H and O–H groups in total. The van der Waals surface area contributed by atoms with Crippen LogP contribution in [0, 0.1) is 0 Å². The van der Waals surface area contributed by atoms with Gasteiger partial charge in [-0.05, 0) is 25.8 Å². The van der Waals surface area contributed by atoms with Gasteiger partial charge in [0.1, 0.15) is 0 Å². The van der Waals surface area contributed by atoms with Gasteiger partial charge in [0.15, 0.2) is 0 Å². The van der Waals surface area contributed by atoms with Gasteiger partial charge in [-0.2, -0.15) is 0 Å². The molecule has 0 aliphatic heterocycles. The molecule has 0 fully saturated rings. The van der Waals surface area contributed by atoms with Gasteiger partial charge in [0, 0.05) is 0 Å². The van der Waals surface area contributed by atoms with Crippen molar-refractivity contribution < 1.29 is 9.53 Å². The molecule has 0 unspecified atom stereocenters. The molecule has 0 radical (unpaired) electrons. The van der Waals surface area contributed by atoms with Crippen LogP contribution in [0.15, 0.2) is 30.3 Å². The maximum Gasteiger partial charge on any atom is 0.407 e. The smallest absolute Gasteiger partial charge is 0.407 e. The van der Waals surface area contributed by atoms with Crippen LogP contribution in [-0.4, -0.2) is 12.7 Å². The first kappa shape index (κ1) is 12.6. The van der Waals surface area contributed by atoms with E-state index in [0.717, 1.165) is 12.0 Å². The molecule has 1 atom stereocenters. The zero-order valence-corrected chi connectivity index (χ0v) is 10.1. The summed E-state index contributed by atoms with van der Waals surface area (Å²) in [7, 11) is 0. The summed E-state index contributed by atoms with van der Waals surface area (Å²) in [6, 6.07) is 9.92. The molecule has 0 aliphatic rings. The Bertz CT molecular complexity index is 337. The van der Waals surface area contributed by atoms with Crippen molar-refractivity contribution >= 4 is 6.09 Å². The molecule has 0 saturated heterocycles. The van der Waals surface area contributed by atoms with E-state index in [1.807, 2.05) is 44.2 Å². The van der Waals surface area contributed by atoms with Crippen molar-refractivity contribution in [3.8, 4) is 0 Å². The first-order valence-corrected chi connectivity index (χ1v) is 5.63. The number of amides is 1. The minimum Gasteiger partial charge on any atom is -0.450 e. The van der Waals surface area contributed by atoms with Crippen LogP contribution in [0.3, 0.4) is 0 Å². The van der Waals surface area contributed by atoms with Crippen LogP contribution in [0.4, 0.5) is 4.79 Å². The van der Waals surface area contributed by atoms with E-state index in [0.29, 0.717) is 6.61 Å². The van der Waals surface area contributed by atoms with Crippen LogP contribution in [0.1, 0.15) is 32.8 Å². The Labute approximate surface area is 96.8 Å². The predicted octanol–water partition coefficient (Wildman–Crippen LogP) is 3.06. The Balaban J connectivity index is 2.82. The van der Waals surface area contributed by atoms with Crippen molar-refractivity contribution in [1.82, 2.24) is 5.32 Å². The molecule has 1 rings (SSSR count). The van der Waals surface area contributed by atoms with Gasteiger partial charge in [-0.25, -0.2) is 4.79 Å². The van der Waals surface area contributed by atoms with Crippen LogP contribution in [0.5, 0.6) is 0 Å². The molecule has 0 saturated carbocycles. The average molecular weight is 221 g/mol. The highest BCUT2D eigenvalue weighted by molar-refractivity contribution is 5.68. The van der Waals surface area contributed by atoms with E-state index in [2.05, 4.69) is 5.32 Å².